The topological polar surface area (TPSA) is 41.7 Å². The van der Waals surface area contributed by atoms with Gasteiger partial charge in [0.25, 0.3) is 0 Å². The van der Waals surface area contributed by atoms with Crippen molar-refractivity contribution in [1.29, 1.82) is 5.41 Å². The zero-order valence-electron chi connectivity index (χ0n) is 8.64. The minimum Gasteiger partial charge on any atom is -0.325 e. The van der Waals surface area contributed by atoms with Crippen molar-refractivity contribution in [2.45, 2.75) is 13.5 Å². The van der Waals surface area contributed by atoms with E-state index in [0.717, 1.165) is 11.4 Å². The fourth-order valence-electron chi connectivity index (χ4n) is 1.51. The van der Waals surface area contributed by atoms with Crippen LogP contribution in [-0.4, -0.2) is 9.55 Å². The molecule has 76 valence electrons. The van der Waals surface area contributed by atoms with E-state index >= 15 is 0 Å². The van der Waals surface area contributed by atoms with Gasteiger partial charge in [0.15, 0.2) is 0 Å². The van der Waals surface area contributed by atoms with Crippen LogP contribution in [0.3, 0.4) is 0 Å². The van der Waals surface area contributed by atoms with E-state index in [1.54, 1.807) is 12.3 Å². The molecule has 3 heteroatoms. The lowest BCUT2D eigenvalue weighted by molar-refractivity contribution is 0.690. The van der Waals surface area contributed by atoms with Gasteiger partial charge >= 0.3 is 0 Å². The van der Waals surface area contributed by atoms with Gasteiger partial charge in [0.05, 0.1) is 12.2 Å². The van der Waals surface area contributed by atoms with Crippen molar-refractivity contribution in [3.8, 4) is 0 Å². The second kappa shape index (κ2) is 4.09. The van der Waals surface area contributed by atoms with E-state index in [-0.39, 0.29) is 0 Å². The molecule has 0 fully saturated rings. The van der Waals surface area contributed by atoms with Crippen molar-refractivity contribution < 1.29 is 0 Å². The first-order valence-corrected chi connectivity index (χ1v) is 4.88. The van der Waals surface area contributed by atoms with E-state index in [1.165, 1.54) is 0 Å². The fourth-order valence-corrected chi connectivity index (χ4v) is 1.51. The van der Waals surface area contributed by atoms with Gasteiger partial charge in [0.1, 0.15) is 5.49 Å². The second-order valence-electron chi connectivity index (χ2n) is 3.46. The molecule has 0 aromatic carbocycles. The zero-order valence-corrected chi connectivity index (χ0v) is 8.64. The van der Waals surface area contributed by atoms with Crippen LogP contribution in [0, 0.1) is 12.3 Å². The van der Waals surface area contributed by atoms with E-state index in [0.29, 0.717) is 12.0 Å². The van der Waals surface area contributed by atoms with Crippen LogP contribution in [0.1, 0.15) is 11.4 Å². The Labute approximate surface area is 88.6 Å². The summed E-state index contributed by atoms with van der Waals surface area (Å²) in [6.07, 6.45) is 1.78. The smallest absolute Gasteiger partial charge is 0.125 e. The molecule has 0 saturated carbocycles. The molecule has 2 rings (SSSR count). The maximum Gasteiger partial charge on any atom is 0.125 e. The van der Waals surface area contributed by atoms with Crippen LogP contribution in [0.4, 0.5) is 0 Å². The van der Waals surface area contributed by atoms with Crippen molar-refractivity contribution in [3.63, 3.8) is 0 Å². The Hall–Kier alpha value is -1.90. The fraction of sp³-hybridized carbons (Fsp3) is 0.167. The third-order valence-corrected chi connectivity index (χ3v) is 2.35. The van der Waals surface area contributed by atoms with Crippen LogP contribution in [0.15, 0.2) is 42.6 Å². The summed E-state index contributed by atoms with van der Waals surface area (Å²) in [6, 6.07) is 11.5. The van der Waals surface area contributed by atoms with Crippen molar-refractivity contribution in [3.05, 3.63) is 59.5 Å². The lowest BCUT2D eigenvalue weighted by atomic mass is 10.3. The summed E-state index contributed by atoms with van der Waals surface area (Å²) < 4.78 is 1.93. The number of nitrogens with one attached hydrogen (secondary N) is 1. The quantitative estimate of drug-likeness (QED) is 0.786. The van der Waals surface area contributed by atoms with Crippen LogP contribution in [0.25, 0.3) is 0 Å². The summed E-state index contributed by atoms with van der Waals surface area (Å²) in [5.41, 5.74) is 2.57. The molecule has 0 unspecified atom stereocenters. The van der Waals surface area contributed by atoms with Crippen LogP contribution in [0.2, 0.25) is 0 Å². The van der Waals surface area contributed by atoms with Gasteiger partial charge in [-0.05, 0) is 31.2 Å². The van der Waals surface area contributed by atoms with E-state index in [4.69, 9.17) is 5.41 Å². The normalized spacial score (nSPS) is 10.2. The van der Waals surface area contributed by atoms with Gasteiger partial charge in [-0.1, -0.05) is 12.1 Å². The third kappa shape index (κ3) is 2.13. The summed E-state index contributed by atoms with van der Waals surface area (Å²) in [4.78, 5) is 4.25. The first-order valence-electron chi connectivity index (χ1n) is 4.88. The molecule has 15 heavy (non-hydrogen) atoms. The molecule has 0 aliphatic carbocycles. The Morgan fingerprint density at radius 2 is 2.07 bits per heavy atom. The first-order chi connectivity index (χ1) is 7.27. The molecule has 2 heterocycles. The lowest BCUT2D eigenvalue weighted by Gasteiger charge is -2.09. The van der Waals surface area contributed by atoms with Gasteiger partial charge in [0, 0.05) is 11.9 Å². The first kappa shape index (κ1) is 9.65. The van der Waals surface area contributed by atoms with Gasteiger partial charge in [-0.3, -0.25) is 10.4 Å². The number of aromatic nitrogens is 2. The van der Waals surface area contributed by atoms with Gasteiger partial charge in [-0.25, -0.2) is 0 Å². The Kier molecular flexibility index (Phi) is 2.63. The highest BCUT2D eigenvalue weighted by molar-refractivity contribution is 5.09. The average molecular weight is 199 g/mol. The van der Waals surface area contributed by atoms with E-state index < -0.39 is 0 Å². The summed E-state index contributed by atoms with van der Waals surface area (Å²) in [5, 5.41) is 7.80. The van der Waals surface area contributed by atoms with E-state index in [9.17, 15) is 0 Å². The standard InChI is InChI=1S/C12H13N3/c1-10-5-4-7-12(13)15(10)9-11-6-2-3-8-14-11/h2-8,13H,9H2,1H3. The SMILES string of the molecule is Cc1cccc(=N)n1Cc1ccccn1. The predicted octanol–water partition coefficient (Wildman–Crippen LogP) is 1.72. The van der Waals surface area contributed by atoms with Crippen molar-refractivity contribution in [2.75, 3.05) is 0 Å². The number of aryl methyl sites for hydroxylation is 1. The summed E-state index contributed by atoms with van der Waals surface area (Å²) in [7, 11) is 0. The predicted molar refractivity (Wildman–Crippen MR) is 58.4 cm³/mol. The number of hydrogen-bond acceptors (Lipinski definition) is 2. The summed E-state index contributed by atoms with van der Waals surface area (Å²) in [6.45, 7) is 2.66. The number of rotatable bonds is 2. The minimum atomic E-state index is 0.514. The number of pyridine rings is 2. The molecule has 0 spiro atoms. The van der Waals surface area contributed by atoms with Gasteiger partial charge in [-0.15, -0.1) is 0 Å². The van der Waals surface area contributed by atoms with E-state index in [2.05, 4.69) is 4.98 Å². The van der Waals surface area contributed by atoms with Gasteiger partial charge < -0.3 is 4.57 Å². The van der Waals surface area contributed by atoms with Crippen molar-refractivity contribution in [2.24, 2.45) is 0 Å². The van der Waals surface area contributed by atoms with Crippen molar-refractivity contribution >= 4 is 0 Å². The second-order valence-corrected chi connectivity index (χ2v) is 3.46. The molecule has 0 atom stereocenters. The Morgan fingerprint density at radius 1 is 1.20 bits per heavy atom. The maximum absolute atomic E-state index is 7.80. The molecule has 0 aliphatic rings. The van der Waals surface area contributed by atoms with E-state index in [1.807, 2.05) is 41.8 Å². The van der Waals surface area contributed by atoms with Gasteiger partial charge in [-0.2, -0.15) is 0 Å². The summed E-state index contributed by atoms with van der Waals surface area (Å²) in [5.74, 6) is 0. The molecule has 0 amide bonds. The molecule has 0 bridgehead atoms. The Bertz CT molecular complexity index is 500. The molecular formula is C12H13N3. The molecular weight excluding hydrogens is 186 g/mol. The van der Waals surface area contributed by atoms with Crippen LogP contribution in [-0.2, 0) is 6.54 Å². The molecule has 0 radical (unpaired) electrons. The Morgan fingerprint density at radius 3 is 2.73 bits per heavy atom. The molecule has 3 nitrogen and oxygen atoms in total. The molecule has 0 aliphatic heterocycles. The van der Waals surface area contributed by atoms with Crippen LogP contribution < -0.4 is 5.49 Å². The highest BCUT2D eigenvalue weighted by Crippen LogP contribution is 1.99. The number of nitrogens with zero attached hydrogens (tertiary/aromatic N) is 2. The molecule has 0 saturated heterocycles. The largest absolute Gasteiger partial charge is 0.325 e. The maximum atomic E-state index is 7.80. The average Bonchev–Trinajstić information content (AvgIpc) is 2.25. The molecule has 2 aromatic rings. The Balaban J connectivity index is 2.37. The van der Waals surface area contributed by atoms with Crippen molar-refractivity contribution in [1.82, 2.24) is 9.55 Å². The lowest BCUT2D eigenvalue weighted by Crippen LogP contribution is -2.22. The highest BCUT2D eigenvalue weighted by Gasteiger charge is 1.98. The van der Waals surface area contributed by atoms with Crippen LogP contribution in [0.5, 0.6) is 0 Å². The van der Waals surface area contributed by atoms with Gasteiger partial charge in [0.2, 0.25) is 0 Å². The zero-order chi connectivity index (χ0) is 10.7. The summed E-state index contributed by atoms with van der Waals surface area (Å²) >= 11 is 0. The number of hydrogen-bond donors (Lipinski definition) is 1. The monoisotopic (exact) mass is 199 g/mol. The molecule has 1 N–H and O–H groups in total. The van der Waals surface area contributed by atoms with Crippen LogP contribution >= 0.6 is 0 Å². The minimum absolute atomic E-state index is 0.514. The highest BCUT2D eigenvalue weighted by atomic mass is 15.0. The molecule has 2 aromatic heterocycles. The third-order valence-electron chi connectivity index (χ3n) is 2.35.